The standard InChI is InChI=1S/C25H22N4O4/c26-23-22(24(31)27-25(32)29(23)16-19-10-5-2-6-11-19)28(17-20-12-7-15-33-20)21(30)14-13-18-8-3-1-4-9-18/h1-15H,16-17,26H2,(H,27,31,32). The van der Waals surface area contributed by atoms with E-state index in [1.165, 1.54) is 21.8 Å². The van der Waals surface area contributed by atoms with Gasteiger partial charge >= 0.3 is 5.69 Å². The maximum absolute atomic E-state index is 13.2. The van der Waals surface area contributed by atoms with Crippen molar-refractivity contribution in [2.45, 2.75) is 13.1 Å². The number of furan rings is 1. The highest BCUT2D eigenvalue weighted by Crippen LogP contribution is 2.21. The molecule has 4 rings (SSSR count). The van der Waals surface area contributed by atoms with Crippen LogP contribution < -0.4 is 21.9 Å². The lowest BCUT2D eigenvalue weighted by molar-refractivity contribution is -0.114. The van der Waals surface area contributed by atoms with E-state index in [1.54, 1.807) is 18.2 Å². The van der Waals surface area contributed by atoms with Crippen molar-refractivity contribution in [2.75, 3.05) is 10.6 Å². The third kappa shape index (κ3) is 5.01. The number of hydrogen-bond acceptors (Lipinski definition) is 5. The molecular weight excluding hydrogens is 420 g/mol. The Kier molecular flexibility index (Phi) is 6.36. The number of H-pyrrole nitrogens is 1. The first-order valence-electron chi connectivity index (χ1n) is 10.3. The van der Waals surface area contributed by atoms with Crippen molar-refractivity contribution in [3.05, 3.63) is 123 Å². The van der Waals surface area contributed by atoms with E-state index in [4.69, 9.17) is 10.2 Å². The number of nitrogen functional groups attached to an aromatic ring is 1. The molecule has 0 radical (unpaired) electrons. The molecule has 0 unspecified atom stereocenters. The van der Waals surface area contributed by atoms with Crippen molar-refractivity contribution in [2.24, 2.45) is 0 Å². The van der Waals surface area contributed by atoms with Crippen LogP contribution in [0.1, 0.15) is 16.9 Å². The van der Waals surface area contributed by atoms with E-state index < -0.39 is 17.2 Å². The second kappa shape index (κ2) is 9.69. The molecule has 0 spiro atoms. The monoisotopic (exact) mass is 442 g/mol. The zero-order chi connectivity index (χ0) is 23.2. The molecule has 8 heteroatoms. The van der Waals surface area contributed by atoms with Gasteiger partial charge in [0.05, 0.1) is 19.4 Å². The lowest BCUT2D eigenvalue weighted by atomic mass is 10.2. The molecule has 0 aliphatic rings. The number of nitrogens with two attached hydrogens (primary N) is 1. The first-order chi connectivity index (χ1) is 16.0. The van der Waals surface area contributed by atoms with Crippen molar-refractivity contribution < 1.29 is 9.21 Å². The fourth-order valence-electron chi connectivity index (χ4n) is 3.41. The maximum Gasteiger partial charge on any atom is 0.330 e. The van der Waals surface area contributed by atoms with Crippen LogP contribution >= 0.6 is 0 Å². The van der Waals surface area contributed by atoms with Gasteiger partial charge in [0.25, 0.3) is 11.5 Å². The number of amides is 1. The van der Waals surface area contributed by atoms with Gasteiger partial charge in [-0.15, -0.1) is 0 Å². The summed E-state index contributed by atoms with van der Waals surface area (Å²) in [7, 11) is 0. The summed E-state index contributed by atoms with van der Waals surface area (Å²) < 4.78 is 6.62. The van der Waals surface area contributed by atoms with E-state index in [0.29, 0.717) is 5.76 Å². The van der Waals surface area contributed by atoms with Gasteiger partial charge in [-0.2, -0.15) is 0 Å². The summed E-state index contributed by atoms with van der Waals surface area (Å²) in [5.74, 6) is -0.144. The maximum atomic E-state index is 13.2. The minimum absolute atomic E-state index is 0.0399. The van der Waals surface area contributed by atoms with Gasteiger partial charge in [0.1, 0.15) is 11.6 Å². The molecule has 0 fully saturated rings. The molecule has 0 aliphatic heterocycles. The highest BCUT2D eigenvalue weighted by molar-refractivity contribution is 6.05. The van der Waals surface area contributed by atoms with Crippen LogP contribution in [-0.2, 0) is 17.9 Å². The fraction of sp³-hybridized carbons (Fsp3) is 0.0800. The third-order valence-corrected chi connectivity index (χ3v) is 5.05. The minimum atomic E-state index is -0.755. The molecule has 8 nitrogen and oxygen atoms in total. The summed E-state index contributed by atoms with van der Waals surface area (Å²) in [5.41, 5.74) is 6.41. The molecule has 33 heavy (non-hydrogen) atoms. The Morgan fingerprint density at radius 2 is 1.70 bits per heavy atom. The molecule has 0 saturated heterocycles. The Balaban J connectivity index is 1.76. The molecule has 1 amide bonds. The number of nitrogens with zero attached hydrogens (tertiary/aromatic N) is 2. The average molecular weight is 442 g/mol. The summed E-state index contributed by atoms with van der Waals surface area (Å²) in [6.07, 6.45) is 4.47. The number of aromatic amines is 1. The molecule has 3 N–H and O–H groups in total. The van der Waals surface area contributed by atoms with Gasteiger partial charge in [0.15, 0.2) is 5.69 Å². The first kappa shape index (κ1) is 21.6. The lowest BCUT2D eigenvalue weighted by Gasteiger charge is -2.22. The molecule has 0 atom stereocenters. The smallest absolute Gasteiger partial charge is 0.330 e. The lowest BCUT2D eigenvalue weighted by Crippen LogP contribution is -2.40. The molecule has 0 saturated carbocycles. The van der Waals surface area contributed by atoms with Gasteiger partial charge in [0.2, 0.25) is 0 Å². The zero-order valence-corrected chi connectivity index (χ0v) is 17.7. The van der Waals surface area contributed by atoms with E-state index in [1.807, 2.05) is 60.7 Å². The Hall–Kier alpha value is -4.59. The number of aromatic nitrogens is 2. The molecule has 166 valence electrons. The van der Waals surface area contributed by atoms with Crippen LogP contribution in [0.2, 0.25) is 0 Å². The van der Waals surface area contributed by atoms with Crippen molar-refractivity contribution in [1.29, 1.82) is 0 Å². The summed E-state index contributed by atoms with van der Waals surface area (Å²) in [6, 6.07) is 21.9. The van der Waals surface area contributed by atoms with Gasteiger partial charge in [-0.1, -0.05) is 60.7 Å². The molecule has 2 heterocycles. The third-order valence-electron chi connectivity index (χ3n) is 5.05. The van der Waals surface area contributed by atoms with Crippen LogP contribution in [0.15, 0.2) is 99.1 Å². The summed E-state index contributed by atoms with van der Waals surface area (Å²) >= 11 is 0. The van der Waals surface area contributed by atoms with Crippen molar-refractivity contribution in [3.8, 4) is 0 Å². The summed E-state index contributed by atoms with van der Waals surface area (Å²) in [5, 5.41) is 0. The van der Waals surface area contributed by atoms with Gasteiger partial charge in [-0.05, 0) is 29.3 Å². The number of benzene rings is 2. The largest absolute Gasteiger partial charge is 0.467 e. The Morgan fingerprint density at radius 1 is 1.00 bits per heavy atom. The first-order valence-corrected chi connectivity index (χ1v) is 10.3. The predicted molar refractivity (Wildman–Crippen MR) is 127 cm³/mol. The van der Waals surface area contributed by atoms with Gasteiger partial charge < -0.3 is 10.2 Å². The van der Waals surface area contributed by atoms with Crippen molar-refractivity contribution >= 4 is 23.5 Å². The topological polar surface area (TPSA) is 114 Å². The highest BCUT2D eigenvalue weighted by atomic mass is 16.3. The van der Waals surface area contributed by atoms with Crippen LogP contribution in [0.25, 0.3) is 6.08 Å². The second-order valence-electron chi connectivity index (χ2n) is 7.31. The summed E-state index contributed by atoms with van der Waals surface area (Å²) in [4.78, 5) is 42.0. The number of carbonyl (C=O) groups is 1. The fourth-order valence-corrected chi connectivity index (χ4v) is 3.41. The molecule has 2 aromatic carbocycles. The van der Waals surface area contributed by atoms with Gasteiger partial charge in [-0.3, -0.25) is 24.0 Å². The van der Waals surface area contributed by atoms with Crippen LogP contribution in [0.3, 0.4) is 0 Å². The van der Waals surface area contributed by atoms with Crippen molar-refractivity contribution in [3.63, 3.8) is 0 Å². The number of nitrogens with one attached hydrogen (secondary N) is 1. The van der Waals surface area contributed by atoms with E-state index in [-0.39, 0.29) is 24.6 Å². The van der Waals surface area contributed by atoms with E-state index in [2.05, 4.69) is 4.98 Å². The average Bonchev–Trinajstić information content (AvgIpc) is 3.34. The molecule has 4 aromatic rings. The highest BCUT2D eigenvalue weighted by Gasteiger charge is 2.24. The SMILES string of the molecule is Nc1c(N(Cc2ccco2)C(=O)C=Cc2ccccc2)c(=O)[nH]c(=O)n1Cc1ccccc1. The Labute approximate surface area is 189 Å². The zero-order valence-electron chi connectivity index (χ0n) is 17.7. The number of rotatable bonds is 7. The van der Waals surface area contributed by atoms with Crippen LogP contribution in [-0.4, -0.2) is 15.5 Å². The Morgan fingerprint density at radius 3 is 2.36 bits per heavy atom. The molecular formula is C25H22N4O4. The molecule has 0 bridgehead atoms. The van der Waals surface area contributed by atoms with Crippen LogP contribution in [0, 0.1) is 0 Å². The van der Waals surface area contributed by atoms with Gasteiger partial charge in [0, 0.05) is 6.08 Å². The van der Waals surface area contributed by atoms with Gasteiger partial charge in [-0.25, -0.2) is 4.79 Å². The number of carbonyl (C=O) groups excluding carboxylic acids is 1. The molecule has 2 aromatic heterocycles. The van der Waals surface area contributed by atoms with Crippen LogP contribution in [0.4, 0.5) is 11.5 Å². The Bertz CT molecular complexity index is 1370. The van der Waals surface area contributed by atoms with E-state index in [0.717, 1.165) is 11.1 Å². The number of hydrogen-bond donors (Lipinski definition) is 2. The summed E-state index contributed by atoms with van der Waals surface area (Å²) in [6.45, 7) is 0.0969. The van der Waals surface area contributed by atoms with E-state index in [9.17, 15) is 14.4 Å². The normalized spacial score (nSPS) is 11.0. The predicted octanol–water partition coefficient (Wildman–Crippen LogP) is 3.01. The quantitative estimate of drug-likeness (QED) is 0.427. The van der Waals surface area contributed by atoms with Crippen LogP contribution in [0.5, 0.6) is 0 Å². The van der Waals surface area contributed by atoms with E-state index >= 15 is 0 Å². The minimum Gasteiger partial charge on any atom is -0.467 e. The second-order valence-corrected chi connectivity index (χ2v) is 7.31. The number of anilines is 2. The van der Waals surface area contributed by atoms with Crippen molar-refractivity contribution in [1.82, 2.24) is 9.55 Å². The molecule has 0 aliphatic carbocycles.